The molecule has 0 spiro atoms. The van der Waals surface area contributed by atoms with Gasteiger partial charge in [-0.3, -0.25) is 4.90 Å². The molecule has 1 aliphatic heterocycles. The first kappa shape index (κ1) is 18.8. The summed E-state index contributed by atoms with van der Waals surface area (Å²) in [5.41, 5.74) is 2.27. The van der Waals surface area contributed by atoms with Gasteiger partial charge in [-0.25, -0.2) is 0 Å². The molecule has 26 heavy (non-hydrogen) atoms. The number of methoxy groups -OCH3 is 2. The summed E-state index contributed by atoms with van der Waals surface area (Å²) in [7, 11) is 3.28. The summed E-state index contributed by atoms with van der Waals surface area (Å²) in [5.74, 6) is 8.24. The molecular weight excluding hydrogens is 390 g/mol. The first-order valence-electron chi connectivity index (χ1n) is 8.92. The summed E-state index contributed by atoms with van der Waals surface area (Å²) in [6.07, 6.45) is 3.59. The van der Waals surface area contributed by atoms with Crippen molar-refractivity contribution in [2.75, 3.05) is 20.8 Å². The fourth-order valence-electron chi connectivity index (χ4n) is 3.27. The molecule has 1 aliphatic rings. The van der Waals surface area contributed by atoms with Gasteiger partial charge in [0.1, 0.15) is 0 Å². The molecular formula is C22H24BrNO2. The van der Waals surface area contributed by atoms with Gasteiger partial charge in [-0.05, 0) is 53.4 Å². The van der Waals surface area contributed by atoms with Crippen molar-refractivity contribution < 1.29 is 9.47 Å². The smallest absolute Gasteiger partial charge is 0.162 e. The predicted octanol–water partition coefficient (Wildman–Crippen LogP) is 4.87. The molecule has 0 unspecified atom stereocenters. The number of ether oxygens (including phenoxy) is 2. The van der Waals surface area contributed by atoms with Gasteiger partial charge in [0.2, 0.25) is 0 Å². The van der Waals surface area contributed by atoms with E-state index in [2.05, 4.69) is 63.0 Å². The number of benzene rings is 2. The van der Waals surface area contributed by atoms with E-state index in [0.29, 0.717) is 11.5 Å². The minimum Gasteiger partial charge on any atom is -0.493 e. The first-order chi connectivity index (χ1) is 12.7. The number of rotatable bonds is 4. The van der Waals surface area contributed by atoms with Crippen molar-refractivity contribution in [2.45, 2.75) is 31.8 Å². The molecule has 0 radical (unpaired) electrons. The first-order valence-corrected chi connectivity index (χ1v) is 9.71. The SMILES string of the molecule is COc1cc(Br)c(C#C[C@H]2CCCCN2Cc2ccccc2)cc1OC. The van der Waals surface area contributed by atoms with Gasteiger partial charge >= 0.3 is 0 Å². The molecule has 2 aromatic carbocycles. The van der Waals surface area contributed by atoms with Gasteiger partial charge in [-0.2, -0.15) is 0 Å². The minimum absolute atomic E-state index is 0.281. The summed E-state index contributed by atoms with van der Waals surface area (Å²) in [6.45, 7) is 2.05. The van der Waals surface area contributed by atoms with Gasteiger partial charge in [-0.1, -0.05) is 42.2 Å². The zero-order valence-corrected chi connectivity index (χ0v) is 16.9. The Morgan fingerprint density at radius 2 is 1.81 bits per heavy atom. The molecule has 0 saturated carbocycles. The molecule has 1 saturated heterocycles. The van der Waals surface area contributed by atoms with Crippen molar-refractivity contribution >= 4 is 15.9 Å². The predicted molar refractivity (Wildman–Crippen MR) is 109 cm³/mol. The van der Waals surface area contributed by atoms with Crippen LogP contribution in [0, 0.1) is 11.8 Å². The van der Waals surface area contributed by atoms with Crippen LogP contribution in [0.1, 0.15) is 30.4 Å². The van der Waals surface area contributed by atoms with Gasteiger partial charge in [-0.15, -0.1) is 0 Å². The quantitative estimate of drug-likeness (QED) is 0.667. The van der Waals surface area contributed by atoms with E-state index in [0.717, 1.165) is 29.5 Å². The van der Waals surface area contributed by atoms with Gasteiger partial charge in [0.05, 0.1) is 20.3 Å². The Morgan fingerprint density at radius 1 is 1.08 bits per heavy atom. The summed E-state index contributed by atoms with van der Waals surface area (Å²) in [4.78, 5) is 2.49. The Balaban J connectivity index is 1.80. The molecule has 0 aliphatic carbocycles. The molecule has 4 heteroatoms. The third kappa shape index (κ3) is 4.60. The lowest BCUT2D eigenvalue weighted by Gasteiger charge is -2.32. The normalized spacial score (nSPS) is 17.3. The second kappa shape index (κ2) is 9.12. The van der Waals surface area contributed by atoms with Gasteiger partial charge in [0.25, 0.3) is 0 Å². The van der Waals surface area contributed by atoms with Crippen LogP contribution in [0.4, 0.5) is 0 Å². The molecule has 1 atom stereocenters. The van der Waals surface area contributed by atoms with Crippen LogP contribution < -0.4 is 9.47 Å². The van der Waals surface area contributed by atoms with E-state index in [1.807, 2.05) is 12.1 Å². The second-order valence-corrected chi connectivity index (χ2v) is 7.28. The summed E-state index contributed by atoms with van der Waals surface area (Å²) < 4.78 is 11.7. The lowest BCUT2D eigenvalue weighted by atomic mass is 10.0. The third-order valence-corrected chi connectivity index (χ3v) is 5.34. The molecule has 1 heterocycles. The fourth-order valence-corrected chi connectivity index (χ4v) is 3.69. The highest BCUT2D eigenvalue weighted by Gasteiger charge is 2.20. The van der Waals surface area contributed by atoms with Crippen LogP contribution in [-0.4, -0.2) is 31.7 Å². The van der Waals surface area contributed by atoms with E-state index in [1.165, 1.54) is 18.4 Å². The van der Waals surface area contributed by atoms with E-state index in [4.69, 9.17) is 9.47 Å². The molecule has 2 aromatic rings. The van der Waals surface area contributed by atoms with Gasteiger partial charge in [0.15, 0.2) is 11.5 Å². The van der Waals surface area contributed by atoms with Crippen molar-refractivity contribution in [3.63, 3.8) is 0 Å². The molecule has 136 valence electrons. The van der Waals surface area contributed by atoms with Crippen LogP contribution >= 0.6 is 15.9 Å². The Morgan fingerprint density at radius 3 is 2.54 bits per heavy atom. The average Bonchev–Trinajstić information content (AvgIpc) is 2.68. The number of hydrogen-bond acceptors (Lipinski definition) is 3. The molecule has 0 aromatic heterocycles. The van der Waals surface area contributed by atoms with Crippen molar-refractivity contribution in [1.29, 1.82) is 0 Å². The molecule has 0 amide bonds. The van der Waals surface area contributed by atoms with Gasteiger partial charge in [0, 0.05) is 22.6 Å². The van der Waals surface area contributed by atoms with Crippen molar-refractivity contribution in [3.8, 4) is 23.3 Å². The number of halogens is 1. The van der Waals surface area contributed by atoms with E-state index >= 15 is 0 Å². The fraction of sp³-hybridized carbons (Fsp3) is 0.364. The Labute approximate surface area is 164 Å². The van der Waals surface area contributed by atoms with Crippen LogP contribution in [0.3, 0.4) is 0 Å². The van der Waals surface area contributed by atoms with E-state index in [1.54, 1.807) is 14.2 Å². The van der Waals surface area contributed by atoms with Gasteiger partial charge < -0.3 is 9.47 Å². The molecule has 1 fully saturated rings. The Kier molecular flexibility index (Phi) is 6.60. The van der Waals surface area contributed by atoms with E-state index in [-0.39, 0.29) is 6.04 Å². The van der Waals surface area contributed by atoms with Crippen LogP contribution in [0.2, 0.25) is 0 Å². The maximum atomic E-state index is 5.40. The monoisotopic (exact) mass is 413 g/mol. The highest BCUT2D eigenvalue weighted by atomic mass is 79.9. The topological polar surface area (TPSA) is 21.7 Å². The maximum absolute atomic E-state index is 5.40. The van der Waals surface area contributed by atoms with Crippen molar-refractivity contribution in [1.82, 2.24) is 4.90 Å². The van der Waals surface area contributed by atoms with Crippen molar-refractivity contribution in [3.05, 3.63) is 58.1 Å². The lowest BCUT2D eigenvalue weighted by molar-refractivity contribution is 0.178. The van der Waals surface area contributed by atoms with E-state index in [9.17, 15) is 0 Å². The lowest BCUT2D eigenvalue weighted by Crippen LogP contribution is -2.37. The van der Waals surface area contributed by atoms with Crippen LogP contribution in [0.25, 0.3) is 0 Å². The van der Waals surface area contributed by atoms with Crippen LogP contribution in [0.15, 0.2) is 46.9 Å². The summed E-state index contributed by atoms with van der Waals surface area (Å²) in [6, 6.07) is 14.7. The Hall–Kier alpha value is -1.96. The molecule has 3 nitrogen and oxygen atoms in total. The Bertz CT molecular complexity index is 795. The highest BCUT2D eigenvalue weighted by molar-refractivity contribution is 9.10. The largest absolute Gasteiger partial charge is 0.493 e. The zero-order chi connectivity index (χ0) is 18.4. The second-order valence-electron chi connectivity index (χ2n) is 6.42. The molecule has 0 bridgehead atoms. The average molecular weight is 414 g/mol. The minimum atomic E-state index is 0.281. The number of likely N-dealkylation sites (tertiary alicyclic amines) is 1. The highest BCUT2D eigenvalue weighted by Crippen LogP contribution is 2.33. The standard InChI is InChI=1S/C22H24BrNO2/c1-25-21-14-18(20(23)15-22(21)26-2)11-12-19-10-6-7-13-24(19)16-17-8-4-3-5-9-17/h3-5,8-9,14-15,19H,6-7,10,13,16H2,1-2H3/t19-/m1/s1. The number of piperidine rings is 1. The zero-order valence-electron chi connectivity index (χ0n) is 15.3. The molecule has 0 N–H and O–H groups in total. The van der Waals surface area contributed by atoms with Crippen LogP contribution in [-0.2, 0) is 6.54 Å². The van der Waals surface area contributed by atoms with E-state index < -0.39 is 0 Å². The number of nitrogens with zero attached hydrogens (tertiary/aromatic N) is 1. The molecule has 3 rings (SSSR count). The maximum Gasteiger partial charge on any atom is 0.162 e. The van der Waals surface area contributed by atoms with Crippen molar-refractivity contribution in [2.24, 2.45) is 0 Å². The third-order valence-electron chi connectivity index (χ3n) is 4.69. The summed E-state index contributed by atoms with van der Waals surface area (Å²) in [5, 5.41) is 0. The number of hydrogen-bond donors (Lipinski definition) is 0. The summed E-state index contributed by atoms with van der Waals surface area (Å²) >= 11 is 3.59. The van der Waals surface area contributed by atoms with Crippen LogP contribution in [0.5, 0.6) is 11.5 Å².